The SMILES string of the molecule is O=C(O)CC1c2cccc(Cl)c2-c2c(Cl)cccc21. The number of hydrogen-bond donors (Lipinski definition) is 1. The number of benzene rings is 2. The Balaban J connectivity index is 2.30. The second-order valence-corrected chi connectivity index (χ2v) is 5.37. The molecule has 0 radical (unpaired) electrons. The molecule has 0 atom stereocenters. The Morgan fingerprint density at radius 3 is 1.89 bits per heavy atom. The molecule has 19 heavy (non-hydrogen) atoms. The molecule has 0 heterocycles. The topological polar surface area (TPSA) is 37.3 Å². The van der Waals surface area contributed by atoms with Crippen LogP contribution in [-0.4, -0.2) is 11.1 Å². The second kappa shape index (κ2) is 4.55. The lowest BCUT2D eigenvalue weighted by molar-refractivity contribution is -0.137. The van der Waals surface area contributed by atoms with Gasteiger partial charge in [0.05, 0.1) is 6.42 Å². The summed E-state index contributed by atoms with van der Waals surface area (Å²) >= 11 is 12.5. The predicted molar refractivity (Wildman–Crippen MR) is 76.0 cm³/mol. The van der Waals surface area contributed by atoms with Crippen molar-refractivity contribution in [3.05, 3.63) is 57.6 Å². The largest absolute Gasteiger partial charge is 0.481 e. The van der Waals surface area contributed by atoms with Gasteiger partial charge in [-0.05, 0) is 23.3 Å². The number of carboxylic acids is 1. The third-order valence-electron chi connectivity index (χ3n) is 3.47. The van der Waals surface area contributed by atoms with Crippen molar-refractivity contribution in [2.75, 3.05) is 0 Å². The number of rotatable bonds is 2. The summed E-state index contributed by atoms with van der Waals surface area (Å²) in [6.45, 7) is 0. The molecule has 96 valence electrons. The Morgan fingerprint density at radius 2 is 1.47 bits per heavy atom. The maximum atomic E-state index is 11.1. The van der Waals surface area contributed by atoms with Crippen LogP contribution in [0.25, 0.3) is 11.1 Å². The van der Waals surface area contributed by atoms with Crippen LogP contribution in [0, 0.1) is 0 Å². The van der Waals surface area contributed by atoms with Gasteiger partial charge in [0.15, 0.2) is 0 Å². The molecule has 3 rings (SSSR count). The molecule has 0 spiro atoms. The van der Waals surface area contributed by atoms with Crippen LogP contribution in [0.5, 0.6) is 0 Å². The summed E-state index contributed by atoms with van der Waals surface area (Å²) in [5.74, 6) is -1.01. The van der Waals surface area contributed by atoms with E-state index in [2.05, 4.69) is 0 Å². The van der Waals surface area contributed by atoms with Gasteiger partial charge in [-0.1, -0.05) is 47.5 Å². The van der Waals surface area contributed by atoms with Crippen LogP contribution in [0.3, 0.4) is 0 Å². The van der Waals surface area contributed by atoms with Crippen molar-refractivity contribution in [2.45, 2.75) is 12.3 Å². The van der Waals surface area contributed by atoms with Crippen LogP contribution in [0.1, 0.15) is 23.5 Å². The standard InChI is InChI=1S/C15H10Cl2O2/c16-11-5-1-3-8-10(7-13(18)19)9-4-2-6-12(17)15(9)14(8)11/h1-6,10H,7H2,(H,18,19). The fraction of sp³-hybridized carbons (Fsp3) is 0.133. The summed E-state index contributed by atoms with van der Waals surface area (Å²) in [7, 11) is 0. The molecule has 0 aliphatic heterocycles. The molecule has 0 amide bonds. The van der Waals surface area contributed by atoms with Crippen LogP contribution in [0.2, 0.25) is 10.0 Å². The molecule has 4 heteroatoms. The lowest BCUT2D eigenvalue weighted by atomic mass is 9.94. The minimum absolute atomic E-state index is 0.0423. The van der Waals surface area contributed by atoms with Gasteiger partial charge in [0.1, 0.15) is 0 Å². The summed E-state index contributed by atoms with van der Waals surface area (Å²) in [6, 6.07) is 11.1. The van der Waals surface area contributed by atoms with E-state index in [9.17, 15) is 4.79 Å². The van der Waals surface area contributed by atoms with E-state index in [1.807, 2.05) is 24.3 Å². The zero-order valence-electron chi connectivity index (χ0n) is 9.86. The highest BCUT2D eigenvalue weighted by atomic mass is 35.5. The molecule has 0 fully saturated rings. The fourth-order valence-electron chi connectivity index (χ4n) is 2.75. The molecule has 0 bridgehead atoms. The normalized spacial score (nSPS) is 13.2. The number of fused-ring (bicyclic) bond motifs is 3. The molecular weight excluding hydrogens is 283 g/mol. The molecular formula is C15H10Cl2O2. The van der Waals surface area contributed by atoms with Crippen LogP contribution < -0.4 is 0 Å². The highest BCUT2D eigenvalue weighted by molar-refractivity contribution is 6.37. The van der Waals surface area contributed by atoms with Gasteiger partial charge in [-0.3, -0.25) is 4.79 Å². The van der Waals surface area contributed by atoms with Crippen LogP contribution in [0.15, 0.2) is 36.4 Å². The summed E-state index contributed by atoms with van der Waals surface area (Å²) in [4.78, 5) is 11.1. The van der Waals surface area contributed by atoms with E-state index in [0.717, 1.165) is 22.3 Å². The first kappa shape index (κ1) is 12.5. The number of hydrogen-bond acceptors (Lipinski definition) is 1. The monoisotopic (exact) mass is 292 g/mol. The molecule has 0 saturated heterocycles. The number of aliphatic carboxylic acids is 1. The second-order valence-electron chi connectivity index (χ2n) is 4.56. The first-order valence-electron chi connectivity index (χ1n) is 5.88. The van der Waals surface area contributed by atoms with E-state index in [4.69, 9.17) is 28.3 Å². The Hall–Kier alpha value is -1.51. The van der Waals surface area contributed by atoms with Crippen molar-refractivity contribution in [3.8, 4) is 11.1 Å². The third kappa shape index (κ3) is 1.92. The third-order valence-corrected chi connectivity index (χ3v) is 4.10. The number of halogens is 2. The van der Waals surface area contributed by atoms with Gasteiger partial charge in [-0.2, -0.15) is 0 Å². The zero-order valence-corrected chi connectivity index (χ0v) is 11.4. The van der Waals surface area contributed by atoms with E-state index in [0.29, 0.717) is 10.0 Å². The highest BCUT2D eigenvalue weighted by Crippen LogP contribution is 2.51. The smallest absolute Gasteiger partial charge is 0.304 e. The molecule has 1 aliphatic rings. The van der Waals surface area contributed by atoms with Crippen LogP contribution in [0.4, 0.5) is 0 Å². The van der Waals surface area contributed by atoms with Gasteiger partial charge in [0.25, 0.3) is 0 Å². The molecule has 1 aliphatic carbocycles. The first-order chi connectivity index (χ1) is 9.09. The Bertz CT molecular complexity index is 628. The molecule has 0 unspecified atom stereocenters. The summed E-state index contributed by atoms with van der Waals surface area (Å²) in [5.41, 5.74) is 3.63. The Morgan fingerprint density at radius 1 is 1.00 bits per heavy atom. The van der Waals surface area contributed by atoms with Gasteiger partial charge < -0.3 is 5.11 Å². The summed E-state index contributed by atoms with van der Waals surface area (Å²) in [5, 5.41) is 10.3. The van der Waals surface area contributed by atoms with Gasteiger partial charge in [-0.25, -0.2) is 0 Å². The lowest BCUT2D eigenvalue weighted by Crippen LogP contribution is -2.04. The minimum atomic E-state index is -0.830. The summed E-state index contributed by atoms with van der Waals surface area (Å²) in [6.07, 6.45) is 0.0423. The van der Waals surface area contributed by atoms with E-state index in [-0.39, 0.29) is 12.3 Å². The van der Waals surface area contributed by atoms with Crippen molar-refractivity contribution in [1.29, 1.82) is 0 Å². The number of carbonyl (C=O) groups is 1. The average Bonchev–Trinajstić information content (AvgIpc) is 2.66. The van der Waals surface area contributed by atoms with Gasteiger partial charge in [0.2, 0.25) is 0 Å². The lowest BCUT2D eigenvalue weighted by Gasteiger charge is -2.10. The van der Waals surface area contributed by atoms with E-state index >= 15 is 0 Å². The van der Waals surface area contributed by atoms with Crippen molar-refractivity contribution < 1.29 is 9.90 Å². The predicted octanol–water partition coefficient (Wildman–Crippen LogP) is 4.58. The van der Waals surface area contributed by atoms with E-state index in [1.165, 1.54) is 0 Å². The van der Waals surface area contributed by atoms with Gasteiger partial charge in [0, 0.05) is 27.1 Å². The van der Waals surface area contributed by atoms with Crippen molar-refractivity contribution >= 4 is 29.2 Å². The van der Waals surface area contributed by atoms with Gasteiger partial charge in [-0.15, -0.1) is 0 Å². The molecule has 2 nitrogen and oxygen atoms in total. The fourth-order valence-corrected chi connectivity index (χ4v) is 3.30. The number of carboxylic acid groups (broad SMARTS) is 1. The van der Waals surface area contributed by atoms with Crippen molar-refractivity contribution in [2.24, 2.45) is 0 Å². The average molecular weight is 293 g/mol. The van der Waals surface area contributed by atoms with Gasteiger partial charge >= 0.3 is 5.97 Å². The maximum Gasteiger partial charge on any atom is 0.304 e. The van der Waals surface area contributed by atoms with Crippen LogP contribution in [-0.2, 0) is 4.79 Å². The maximum absolute atomic E-state index is 11.1. The van der Waals surface area contributed by atoms with Crippen LogP contribution >= 0.6 is 23.2 Å². The van der Waals surface area contributed by atoms with E-state index in [1.54, 1.807) is 12.1 Å². The molecule has 2 aromatic rings. The molecule has 2 aromatic carbocycles. The highest BCUT2D eigenvalue weighted by Gasteiger charge is 2.32. The molecule has 0 aromatic heterocycles. The minimum Gasteiger partial charge on any atom is -0.481 e. The molecule has 1 N–H and O–H groups in total. The summed E-state index contributed by atoms with van der Waals surface area (Å²) < 4.78 is 0. The van der Waals surface area contributed by atoms with Crippen molar-refractivity contribution in [1.82, 2.24) is 0 Å². The van der Waals surface area contributed by atoms with Crippen molar-refractivity contribution in [3.63, 3.8) is 0 Å². The molecule has 0 saturated carbocycles. The first-order valence-corrected chi connectivity index (χ1v) is 6.64. The quantitative estimate of drug-likeness (QED) is 0.880. The Labute approximate surface area is 120 Å². The van der Waals surface area contributed by atoms with E-state index < -0.39 is 5.97 Å². The Kier molecular flexibility index (Phi) is 3.00. The zero-order chi connectivity index (χ0) is 13.6.